The lowest BCUT2D eigenvalue weighted by Gasteiger charge is -2.29. The zero-order valence-corrected chi connectivity index (χ0v) is 23.4. The molecule has 0 amide bonds. The highest BCUT2D eigenvalue weighted by atomic mass is 16.4. The van der Waals surface area contributed by atoms with Crippen LogP contribution < -0.4 is 5.32 Å². The van der Waals surface area contributed by atoms with Crippen LogP contribution in [0.5, 0.6) is 0 Å². The molecule has 0 saturated carbocycles. The predicted octanol–water partition coefficient (Wildman–Crippen LogP) is 5.96. The van der Waals surface area contributed by atoms with Gasteiger partial charge in [0.05, 0.1) is 11.7 Å². The molecule has 0 aliphatic rings. The third-order valence-electron chi connectivity index (χ3n) is 7.30. The van der Waals surface area contributed by atoms with Crippen molar-refractivity contribution < 1.29 is 15.0 Å². The summed E-state index contributed by atoms with van der Waals surface area (Å²) in [5, 5.41) is 26.1. The fraction of sp³-hybridized carbons (Fsp3) is 0.324. The summed E-state index contributed by atoms with van der Waals surface area (Å²) in [6, 6.07) is 28.9. The second kappa shape index (κ2) is 12.6. The van der Waals surface area contributed by atoms with E-state index in [2.05, 4.69) is 84.7 Å². The molecule has 0 spiro atoms. The fourth-order valence-electron chi connectivity index (χ4n) is 5.14. The molecule has 5 heteroatoms. The van der Waals surface area contributed by atoms with Gasteiger partial charge in [-0.3, -0.25) is 0 Å². The summed E-state index contributed by atoms with van der Waals surface area (Å²) in [6.45, 7) is 8.15. The number of carbonyl (C=O) groups is 1. The van der Waals surface area contributed by atoms with E-state index >= 15 is 0 Å². The van der Waals surface area contributed by atoms with E-state index < -0.39 is 12.1 Å². The molecule has 3 N–H and O–H groups in total. The molecule has 204 valence electrons. The number of rotatable bonds is 12. The second-order valence-corrected chi connectivity index (χ2v) is 11.3. The molecule has 1 atom stereocenters. The van der Waals surface area contributed by atoms with E-state index in [4.69, 9.17) is 0 Å². The van der Waals surface area contributed by atoms with Gasteiger partial charge in [-0.25, -0.2) is 4.79 Å². The van der Waals surface area contributed by atoms with E-state index in [0.717, 1.165) is 36.1 Å². The van der Waals surface area contributed by atoms with Crippen LogP contribution in [0.15, 0.2) is 84.9 Å². The van der Waals surface area contributed by atoms with E-state index in [9.17, 15) is 15.0 Å². The Kier molecular flexibility index (Phi) is 9.18. The molecule has 4 aromatic rings. The van der Waals surface area contributed by atoms with Gasteiger partial charge in [-0.05, 0) is 85.3 Å². The van der Waals surface area contributed by atoms with Gasteiger partial charge in [-0.15, -0.1) is 0 Å². The van der Waals surface area contributed by atoms with Crippen LogP contribution in [0.2, 0.25) is 0 Å². The van der Waals surface area contributed by atoms with Crippen molar-refractivity contribution in [3.63, 3.8) is 0 Å². The molecular formula is C34H40N2O3. The summed E-state index contributed by atoms with van der Waals surface area (Å²) < 4.78 is 0. The van der Waals surface area contributed by atoms with Gasteiger partial charge in [0.15, 0.2) is 0 Å². The number of hydrogen-bond acceptors (Lipinski definition) is 4. The maximum absolute atomic E-state index is 11.3. The summed E-state index contributed by atoms with van der Waals surface area (Å²) in [4.78, 5) is 13.5. The predicted molar refractivity (Wildman–Crippen MR) is 161 cm³/mol. The molecule has 0 aliphatic heterocycles. The zero-order chi connectivity index (χ0) is 28.0. The Bertz CT molecular complexity index is 1430. The van der Waals surface area contributed by atoms with Gasteiger partial charge in [0.2, 0.25) is 0 Å². The van der Waals surface area contributed by atoms with E-state index in [1.807, 2.05) is 32.2 Å². The summed E-state index contributed by atoms with van der Waals surface area (Å²) in [5.41, 5.74) is 5.54. The molecule has 0 saturated heterocycles. The number of fused-ring (bicyclic) bond motifs is 1. The fourth-order valence-corrected chi connectivity index (χ4v) is 5.14. The van der Waals surface area contributed by atoms with Crippen LogP contribution in [0.1, 0.15) is 40.9 Å². The largest absolute Gasteiger partial charge is 0.478 e. The van der Waals surface area contributed by atoms with Crippen molar-refractivity contribution in [2.24, 2.45) is 0 Å². The normalized spacial score (nSPS) is 12.7. The molecule has 0 fully saturated rings. The van der Waals surface area contributed by atoms with Crippen molar-refractivity contribution in [1.29, 1.82) is 0 Å². The summed E-state index contributed by atoms with van der Waals surface area (Å²) in [6.07, 6.45) is 1.28. The Morgan fingerprint density at radius 2 is 1.64 bits per heavy atom. The quantitative estimate of drug-likeness (QED) is 0.213. The van der Waals surface area contributed by atoms with Crippen molar-refractivity contribution in [2.75, 3.05) is 26.7 Å². The van der Waals surface area contributed by atoms with Crippen LogP contribution in [0.25, 0.3) is 21.9 Å². The number of aromatic carboxylic acids is 1. The number of aryl methyl sites for hydroxylation is 1. The van der Waals surface area contributed by atoms with Crippen LogP contribution in [0.4, 0.5) is 0 Å². The number of benzene rings is 4. The van der Waals surface area contributed by atoms with Crippen molar-refractivity contribution in [3.05, 3.63) is 107 Å². The number of carboxylic acid groups (broad SMARTS) is 1. The number of nitrogens with zero attached hydrogens (tertiary/aromatic N) is 1. The highest BCUT2D eigenvalue weighted by molar-refractivity contribution is 5.90. The van der Waals surface area contributed by atoms with Gasteiger partial charge in [0.1, 0.15) is 0 Å². The van der Waals surface area contributed by atoms with E-state index in [-0.39, 0.29) is 5.54 Å². The van der Waals surface area contributed by atoms with Crippen LogP contribution in [0.3, 0.4) is 0 Å². The van der Waals surface area contributed by atoms with Crippen LogP contribution in [-0.2, 0) is 12.8 Å². The number of β-amino-alcohol motifs (C(OH)–C–C–N with tert-alkyl or cyclic N) is 1. The Morgan fingerprint density at radius 1 is 0.897 bits per heavy atom. The smallest absolute Gasteiger partial charge is 0.335 e. The number of carboxylic acids is 1. The van der Waals surface area contributed by atoms with Gasteiger partial charge < -0.3 is 20.4 Å². The third-order valence-corrected chi connectivity index (χ3v) is 7.30. The summed E-state index contributed by atoms with van der Waals surface area (Å²) in [5.74, 6) is -0.901. The van der Waals surface area contributed by atoms with Gasteiger partial charge in [-0.1, -0.05) is 78.9 Å². The Hall–Kier alpha value is -3.51. The van der Waals surface area contributed by atoms with Crippen molar-refractivity contribution >= 4 is 16.7 Å². The molecule has 0 heterocycles. The topological polar surface area (TPSA) is 72.8 Å². The monoisotopic (exact) mass is 524 g/mol. The van der Waals surface area contributed by atoms with Gasteiger partial charge in [0.25, 0.3) is 0 Å². The number of likely N-dealkylation sites (N-methyl/N-ethyl adjacent to an activating group) is 1. The average molecular weight is 525 g/mol. The minimum absolute atomic E-state index is 0.135. The lowest BCUT2D eigenvalue weighted by Crippen LogP contribution is -2.47. The highest BCUT2D eigenvalue weighted by Crippen LogP contribution is 2.24. The van der Waals surface area contributed by atoms with Crippen LogP contribution in [0, 0.1) is 6.92 Å². The Morgan fingerprint density at radius 3 is 2.38 bits per heavy atom. The maximum atomic E-state index is 11.3. The lowest BCUT2D eigenvalue weighted by atomic mass is 9.93. The Labute approximate surface area is 232 Å². The van der Waals surface area contributed by atoms with Crippen molar-refractivity contribution in [3.8, 4) is 11.1 Å². The van der Waals surface area contributed by atoms with Crippen LogP contribution >= 0.6 is 0 Å². The molecule has 39 heavy (non-hydrogen) atoms. The molecule has 0 radical (unpaired) electrons. The lowest BCUT2D eigenvalue weighted by molar-refractivity contribution is 0.0696. The number of aliphatic hydroxyl groups excluding tert-OH is 1. The van der Waals surface area contributed by atoms with Crippen molar-refractivity contribution in [2.45, 2.75) is 45.3 Å². The van der Waals surface area contributed by atoms with Gasteiger partial charge >= 0.3 is 5.97 Å². The minimum atomic E-state index is -0.901. The summed E-state index contributed by atoms with van der Waals surface area (Å²) in [7, 11) is 2.04. The molecule has 5 nitrogen and oxygen atoms in total. The molecule has 4 rings (SSSR count). The number of nitrogens with one attached hydrogen (secondary N) is 1. The molecule has 0 aliphatic carbocycles. The maximum Gasteiger partial charge on any atom is 0.335 e. The first kappa shape index (κ1) is 28.5. The molecule has 0 aromatic heterocycles. The molecular weight excluding hydrogens is 484 g/mol. The first-order chi connectivity index (χ1) is 18.6. The number of hydrogen-bond donors (Lipinski definition) is 3. The molecule has 4 aromatic carbocycles. The SMILES string of the molecule is Cc1cc(-c2cccc(CCN(C)C[C@H](O)CNC(C)(C)Cc3ccc4ccccc4c3)c2)ccc1C(=O)O. The summed E-state index contributed by atoms with van der Waals surface area (Å²) >= 11 is 0. The van der Waals surface area contributed by atoms with E-state index in [1.165, 1.54) is 21.9 Å². The minimum Gasteiger partial charge on any atom is -0.478 e. The number of aliphatic hydroxyl groups is 1. The first-order valence-corrected chi connectivity index (χ1v) is 13.6. The first-order valence-electron chi connectivity index (χ1n) is 13.6. The second-order valence-electron chi connectivity index (χ2n) is 11.3. The van der Waals surface area contributed by atoms with Crippen LogP contribution in [-0.4, -0.2) is 59.4 Å². The zero-order valence-electron chi connectivity index (χ0n) is 23.4. The standard InChI is InChI=1S/C34H40N2O3/c1-24-18-30(14-15-32(24)33(38)39)29-11-7-8-25(19-29)16-17-36(4)23-31(37)22-35-34(2,3)21-26-12-13-27-9-5-6-10-28(27)20-26/h5-15,18-20,31,35,37H,16-17,21-23H2,1-4H3,(H,38,39)/t31-/m1/s1. The molecule has 0 unspecified atom stereocenters. The van der Waals surface area contributed by atoms with Crippen molar-refractivity contribution in [1.82, 2.24) is 10.2 Å². The third kappa shape index (κ3) is 7.99. The average Bonchev–Trinajstić information content (AvgIpc) is 2.90. The van der Waals surface area contributed by atoms with Gasteiger partial charge in [-0.2, -0.15) is 0 Å². The highest BCUT2D eigenvalue weighted by Gasteiger charge is 2.20. The molecule has 0 bridgehead atoms. The Balaban J connectivity index is 1.25. The van der Waals surface area contributed by atoms with E-state index in [0.29, 0.717) is 18.7 Å². The van der Waals surface area contributed by atoms with Gasteiger partial charge in [0, 0.05) is 25.2 Å². The van der Waals surface area contributed by atoms with E-state index in [1.54, 1.807) is 6.07 Å².